The van der Waals surface area contributed by atoms with E-state index in [2.05, 4.69) is 20.4 Å². The summed E-state index contributed by atoms with van der Waals surface area (Å²) in [5, 5.41) is 17.8. The van der Waals surface area contributed by atoms with E-state index in [1.165, 1.54) is 7.11 Å². The molecule has 2 rings (SSSR count). The van der Waals surface area contributed by atoms with Crippen LogP contribution in [0.15, 0.2) is 6.07 Å². The minimum absolute atomic E-state index is 0.306. The molecule has 0 bridgehead atoms. The number of aliphatic hydroxyl groups is 1. The molecule has 2 aromatic heterocycles. The van der Waals surface area contributed by atoms with E-state index in [1.54, 1.807) is 10.7 Å². The first-order valence-corrected chi connectivity index (χ1v) is 6.74. The zero-order valence-electron chi connectivity index (χ0n) is 13.0. The molecule has 2 N–H and O–H groups in total. The Kier molecular flexibility index (Phi) is 4.42. The van der Waals surface area contributed by atoms with Crippen molar-refractivity contribution in [2.45, 2.75) is 26.9 Å². The van der Waals surface area contributed by atoms with E-state index >= 15 is 0 Å². The number of aryl methyl sites for hydroxylation is 3. The molecule has 0 fully saturated rings. The van der Waals surface area contributed by atoms with Crippen LogP contribution in [0.3, 0.4) is 0 Å². The monoisotopic (exact) mass is 291 g/mol. The molecule has 0 amide bonds. The van der Waals surface area contributed by atoms with Crippen molar-refractivity contribution in [1.29, 1.82) is 0 Å². The third kappa shape index (κ3) is 3.30. The lowest BCUT2D eigenvalue weighted by Gasteiger charge is -2.13. The van der Waals surface area contributed by atoms with Gasteiger partial charge in [0.2, 0.25) is 0 Å². The Morgan fingerprint density at radius 2 is 2.05 bits per heavy atom. The summed E-state index contributed by atoms with van der Waals surface area (Å²) < 4.78 is 6.80. The van der Waals surface area contributed by atoms with Gasteiger partial charge in [-0.05, 0) is 20.8 Å². The second-order valence-electron chi connectivity index (χ2n) is 4.99. The minimum atomic E-state index is -0.653. The summed E-state index contributed by atoms with van der Waals surface area (Å²) in [6.07, 6.45) is -0.653. The fourth-order valence-electron chi connectivity index (χ4n) is 2.30. The van der Waals surface area contributed by atoms with Gasteiger partial charge in [0.15, 0.2) is 0 Å². The highest BCUT2D eigenvalue weighted by Gasteiger charge is 2.18. The molecule has 7 nitrogen and oxygen atoms in total. The Balaban J connectivity index is 2.10. The largest absolute Gasteiger partial charge is 0.467 e. The molecular weight excluding hydrogens is 270 g/mol. The van der Waals surface area contributed by atoms with Gasteiger partial charge in [-0.3, -0.25) is 4.68 Å². The van der Waals surface area contributed by atoms with Crippen LogP contribution < -0.4 is 10.1 Å². The van der Waals surface area contributed by atoms with Gasteiger partial charge in [-0.2, -0.15) is 10.1 Å². The standard InChI is InChI=1S/C14H21N5O2/c1-8-6-12(17-14(16-8)21-5)15-7-11(20)13-9(2)18-19(4)10(13)3/h6,11,20H,7H2,1-5H3,(H,15,16,17). The smallest absolute Gasteiger partial charge is 0.318 e. The van der Waals surface area contributed by atoms with E-state index in [9.17, 15) is 5.11 Å². The molecule has 1 unspecified atom stereocenters. The number of nitrogens with one attached hydrogen (secondary N) is 1. The maximum absolute atomic E-state index is 10.4. The van der Waals surface area contributed by atoms with Crippen LogP contribution in [0.25, 0.3) is 0 Å². The Bertz CT molecular complexity index is 639. The third-order valence-corrected chi connectivity index (χ3v) is 3.39. The number of hydrogen-bond donors (Lipinski definition) is 2. The molecule has 2 heterocycles. The zero-order chi connectivity index (χ0) is 15.6. The van der Waals surface area contributed by atoms with E-state index in [4.69, 9.17) is 4.74 Å². The number of hydrogen-bond acceptors (Lipinski definition) is 6. The van der Waals surface area contributed by atoms with Crippen molar-refractivity contribution in [3.05, 3.63) is 28.7 Å². The van der Waals surface area contributed by atoms with Gasteiger partial charge >= 0.3 is 6.01 Å². The van der Waals surface area contributed by atoms with Crippen LogP contribution in [0.4, 0.5) is 5.82 Å². The van der Waals surface area contributed by atoms with Crippen molar-refractivity contribution in [2.75, 3.05) is 19.0 Å². The first kappa shape index (κ1) is 15.2. The van der Waals surface area contributed by atoms with Crippen LogP contribution in [-0.4, -0.2) is 38.5 Å². The Hall–Kier alpha value is -2.15. The highest BCUT2D eigenvalue weighted by molar-refractivity contribution is 5.38. The second kappa shape index (κ2) is 6.09. The number of nitrogens with zero attached hydrogens (tertiary/aromatic N) is 4. The first-order chi connectivity index (χ1) is 9.92. The van der Waals surface area contributed by atoms with Crippen LogP contribution in [0, 0.1) is 20.8 Å². The van der Waals surface area contributed by atoms with Gasteiger partial charge in [-0.15, -0.1) is 0 Å². The van der Waals surface area contributed by atoms with Gasteiger partial charge in [0.25, 0.3) is 0 Å². The number of aliphatic hydroxyl groups excluding tert-OH is 1. The SMILES string of the molecule is COc1nc(C)cc(NCC(O)c2c(C)nn(C)c2C)n1. The summed E-state index contributed by atoms with van der Waals surface area (Å²) in [7, 11) is 3.39. The predicted octanol–water partition coefficient (Wildman–Crippen LogP) is 1.29. The van der Waals surface area contributed by atoms with Gasteiger partial charge in [-0.1, -0.05) is 0 Å². The van der Waals surface area contributed by atoms with Crippen LogP contribution in [0.2, 0.25) is 0 Å². The molecule has 21 heavy (non-hydrogen) atoms. The number of anilines is 1. The van der Waals surface area contributed by atoms with Gasteiger partial charge < -0.3 is 15.2 Å². The lowest BCUT2D eigenvalue weighted by molar-refractivity contribution is 0.190. The molecular formula is C14H21N5O2. The molecule has 0 aliphatic carbocycles. The summed E-state index contributed by atoms with van der Waals surface area (Å²) in [6, 6.07) is 2.11. The normalized spacial score (nSPS) is 12.3. The molecule has 0 radical (unpaired) electrons. The van der Waals surface area contributed by atoms with Crippen LogP contribution in [0.1, 0.15) is 28.7 Å². The maximum atomic E-state index is 10.4. The number of methoxy groups -OCH3 is 1. The Morgan fingerprint density at radius 3 is 2.62 bits per heavy atom. The van der Waals surface area contributed by atoms with Crippen LogP contribution in [0.5, 0.6) is 6.01 Å². The van der Waals surface area contributed by atoms with Crippen molar-refractivity contribution in [3.8, 4) is 6.01 Å². The van der Waals surface area contributed by atoms with E-state index in [-0.39, 0.29) is 0 Å². The van der Waals surface area contributed by atoms with Crippen molar-refractivity contribution in [2.24, 2.45) is 7.05 Å². The average molecular weight is 291 g/mol. The fourth-order valence-corrected chi connectivity index (χ4v) is 2.30. The quantitative estimate of drug-likeness (QED) is 0.863. The minimum Gasteiger partial charge on any atom is -0.467 e. The molecule has 0 saturated heterocycles. The Morgan fingerprint density at radius 1 is 1.33 bits per heavy atom. The average Bonchev–Trinajstić information content (AvgIpc) is 2.69. The number of aromatic nitrogens is 4. The van der Waals surface area contributed by atoms with Crippen LogP contribution >= 0.6 is 0 Å². The summed E-state index contributed by atoms with van der Waals surface area (Å²) in [5.74, 6) is 0.623. The summed E-state index contributed by atoms with van der Waals surface area (Å²) in [5.41, 5.74) is 3.44. The van der Waals surface area contributed by atoms with Gasteiger partial charge in [0.1, 0.15) is 5.82 Å². The van der Waals surface area contributed by atoms with Crippen molar-refractivity contribution in [3.63, 3.8) is 0 Å². The molecule has 7 heteroatoms. The molecule has 0 aromatic carbocycles. The van der Waals surface area contributed by atoms with E-state index in [0.717, 1.165) is 22.6 Å². The van der Waals surface area contributed by atoms with E-state index < -0.39 is 6.10 Å². The molecule has 1 atom stereocenters. The third-order valence-electron chi connectivity index (χ3n) is 3.39. The topological polar surface area (TPSA) is 85.1 Å². The number of rotatable bonds is 5. The van der Waals surface area contributed by atoms with Crippen molar-refractivity contribution < 1.29 is 9.84 Å². The molecule has 0 aliphatic rings. The molecule has 2 aromatic rings. The molecule has 0 saturated carbocycles. The lowest BCUT2D eigenvalue weighted by atomic mass is 10.1. The molecule has 114 valence electrons. The molecule has 0 spiro atoms. The first-order valence-electron chi connectivity index (χ1n) is 6.74. The highest BCUT2D eigenvalue weighted by Crippen LogP contribution is 2.21. The van der Waals surface area contributed by atoms with Gasteiger partial charge in [0, 0.05) is 36.6 Å². The summed E-state index contributed by atoms with van der Waals surface area (Å²) >= 11 is 0. The van der Waals surface area contributed by atoms with Gasteiger partial charge in [0.05, 0.1) is 18.9 Å². The number of ether oxygens (including phenoxy) is 1. The zero-order valence-corrected chi connectivity index (χ0v) is 13.0. The summed E-state index contributed by atoms with van der Waals surface area (Å²) in [4.78, 5) is 8.31. The van der Waals surface area contributed by atoms with Gasteiger partial charge in [-0.25, -0.2) is 4.98 Å². The van der Waals surface area contributed by atoms with Crippen molar-refractivity contribution >= 4 is 5.82 Å². The fraction of sp³-hybridized carbons (Fsp3) is 0.500. The maximum Gasteiger partial charge on any atom is 0.318 e. The van der Waals surface area contributed by atoms with Crippen LogP contribution in [-0.2, 0) is 7.05 Å². The molecule has 0 aliphatic heterocycles. The predicted molar refractivity (Wildman–Crippen MR) is 79.5 cm³/mol. The summed E-state index contributed by atoms with van der Waals surface area (Å²) in [6.45, 7) is 6.04. The lowest BCUT2D eigenvalue weighted by Crippen LogP contribution is -2.15. The van der Waals surface area contributed by atoms with E-state index in [0.29, 0.717) is 18.4 Å². The van der Waals surface area contributed by atoms with Crippen molar-refractivity contribution in [1.82, 2.24) is 19.7 Å². The second-order valence-corrected chi connectivity index (χ2v) is 4.99. The highest BCUT2D eigenvalue weighted by atomic mass is 16.5. The Labute approximate surface area is 124 Å². The van der Waals surface area contributed by atoms with E-state index in [1.807, 2.05) is 27.8 Å².